The van der Waals surface area contributed by atoms with Crippen LogP contribution in [0.15, 0.2) is 24.3 Å². The van der Waals surface area contributed by atoms with Crippen LogP contribution in [0.1, 0.15) is 85.6 Å². The lowest BCUT2D eigenvalue weighted by molar-refractivity contribution is 0.0881. The van der Waals surface area contributed by atoms with Crippen LogP contribution in [0.2, 0.25) is 0 Å². The van der Waals surface area contributed by atoms with E-state index in [1.54, 1.807) is 0 Å². The Morgan fingerprint density at radius 1 is 0.864 bits per heavy atom. The van der Waals surface area contributed by atoms with E-state index in [0.29, 0.717) is 28.4 Å². The van der Waals surface area contributed by atoms with Crippen LogP contribution in [0, 0.1) is 16.7 Å². The first-order valence-electron chi connectivity index (χ1n) is 8.85. The van der Waals surface area contributed by atoms with Crippen LogP contribution in [0.4, 0.5) is 0 Å². The molecule has 1 unspecified atom stereocenters. The second-order valence-electron chi connectivity index (χ2n) is 8.91. The van der Waals surface area contributed by atoms with Crippen molar-refractivity contribution in [2.24, 2.45) is 16.7 Å². The van der Waals surface area contributed by atoms with E-state index in [-0.39, 0.29) is 0 Å². The first kappa shape index (κ1) is 19.1. The molecule has 0 aliphatic heterocycles. The summed E-state index contributed by atoms with van der Waals surface area (Å²) in [5.74, 6) is 1.60. The predicted molar refractivity (Wildman–Crippen MR) is 97.4 cm³/mol. The minimum Gasteiger partial charge on any atom is -0.508 e. The molecule has 0 spiro atoms. The van der Waals surface area contributed by atoms with Crippen molar-refractivity contribution < 1.29 is 5.11 Å². The molecule has 1 atom stereocenters. The van der Waals surface area contributed by atoms with Gasteiger partial charge in [-0.3, -0.25) is 0 Å². The molecule has 0 saturated carbocycles. The minimum absolute atomic E-state index is 0.313. The standard InChI is InChI=1S/C21H36O/c1-8-11-16(17-12-9-10-13-18(17)22)14-15-19(20(2,3)4)21(5,6)7/h9-10,12-13,16,19,22H,8,11,14-15H2,1-7H3. The summed E-state index contributed by atoms with van der Waals surface area (Å²) < 4.78 is 0. The molecule has 1 N–H and O–H groups in total. The first-order chi connectivity index (χ1) is 10.1. The summed E-state index contributed by atoms with van der Waals surface area (Å²) in [5.41, 5.74) is 1.76. The highest BCUT2D eigenvalue weighted by molar-refractivity contribution is 5.34. The van der Waals surface area contributed by atoms with Crippen LogP contribution in [0.5, 0.6) is 5.75 Å². The Morgan fingerprint density at radius 2 is 1.41 bits per heavy atom. The molecule has 0 aromatic heterocycles. The Kier molecular flexibility index (Phi) is 6.52. The van der Waals surface area contributed by atoms with Crippen LogP contribution < -0.4 is 0 Å². The summed E-state index contributed by atoms with van der Waals surface area (Å²) in [5, 5.41) is 10.2. The molecule has 0 radical (unpaired) electrons. The van der Waals surface area contributed by atoms with E-state index in [1.165, 1.54) is 6.42 Å². The van der Waals surface area contributed by atoms with Crippen LogP contribution in [-0.2, 0) is 0 Å². The first-order valence-corrected chi connectivity index (χ1v) is 8.85. The van der Waals surface area contributed by atoms with Crippen LogP contribution >= 0.6 is 0 Å². The van der Waals surface area contributed by atoms with E-state index in [4.69, 9.17) is 0 Å². The fourth-order valence-electron chi connectivity index (χ4n) is 4.17. The average molecular weight is 305 g/mol. The van der Waals surface area contributed by atoms with Gasteiger partial charge in [0, 0.05) is 0 Å². The number of para-hydroxylation sites is 1. The van der Waals surface area contributed by atoms with Crippen molar-refractivity contribution >= 4 is 0 Å². The van der Waals surface area contributed by atoms with Crippen molar-refractivity contribution in [3.05, 3.63) is 29.8 Å². The van der Waals surface area contributed by atoms with E-state index in [2.05, 4.69) is 54.5 Å². The summed E-state index contributed by atoms with van der Waals surface area (Å²) in [7, 11) is 0. The van der Waals surface area contributed by atoms with E-state index in [0.717, 1.165) is 24.8 Å². The van der Waals surface area contributed by atoms with Crippen molar-refractivity contribution in [3.8, 4) is 5.75 Å². The normalized spacial score (nSPS) is 14.4. The van der Waals surface area contributed by atoms with Crippen LogP contribution in [0.3, 0.4) is 0 Å². The molecule has 1 rings (SSSR count). The van der Waals surface area contributed by atoms with Gasteiger partial charge in [-0.05, 0) is 53.6 Å². The summed E-state index contributed by atoms with van der Waals surface area (Å²) in [4.78, 5) is 0. The van der Waals surface area contributed by atoms with Gasteiger partial charge in [0.1, 0.15) is 5.75 Å². The third kappa shape index (κ3) is 5.34. The van der Waals surface area contributed by atoms with E-state index in [1.807, 2.05) is 18.2 Å². The second-order valence-corrected chi connectivity index (χ2v) is 8.91. The van der Waals surface area contributed by atoms with Gasteiger partial charge in [0.25, 0.3) is 0 Å². The van der Waals surface area contributed by atoms with Gasteiger partial charge in [-0.15, -0.1) is 0 Å². The smallest absolute Gasteiger partial charge is 0.119 e. The quantitative estimate of drug-likeness (QED) is 0.615. The third-order valence-corrected chi connectivity index (χ3v) is 4.91. The van der Waals surface area contributed by atoms with Crippen molar-refractivity contribution in [2.75, 3.05) is 0 Å². The van der Waals surface area contributed by atoms with Gasteiger partial charge in [-0.2, -0.15) is 0 Å². The molecule has 0 bridgehead atoms. The molecule has 1 nitrogen and oxygen atoms in total. The Hall–Kier alpha value is -0.980. The van der Waals surface area contributed by atoms with E-state index < -0.39 is 0 Å². The largest absolute Gasteiger partial charge is 0.508 e. The Bertz CT molecular complexity index is 434. The fourth-order valence-corrected chi connectivity index (χ4v) is 4.17. The van der Waals surface area contributed by atoms with Crippen molar-refractivity contribution in [2.45, 2.75) is 80.1 Å². The lowest BCUT2D eigenvalue weighted by Crippen LogP contribution is -2.32. The third-order valence-electron chi connectivity index (χ3n) is 4.91. The number of benzene rings is 1. The van der Waals surface area contributed by atoms with Crippen LogP contribution in [-0.4, -0.2) is 5.11 Å². The van der Waals surface area contributed by atoms with Gasteiger partial charge in [-0.1, -0.05) is 73.1 Å². The molecule has 0 saturated heterocycles. The molecule has 0 fully saturated rings. The van der Waals surface area contributed by atoms with E-state index >= 15 is 0 Å². The van der Waals surface area contributed by atoms with Gasteiger partial charge >= 0.3 is 0 Å². The molecule has 1 aromatic carbocycles. The number of aromatic hydroxyl groups is 1. The number of hydrogen-bond acceptors (Lipinski definition) is 1. The lowest BCUT2D eigenvalue weighted by atomic mass is 9.64. The fraction of sp³-hybridized carbons (Fsp3) is 0.714. The molecular formula is C21H36O. The summed E-state index contributed by atoms with van der Waals surface area (Å²) in [6, 6.07) is 7.87. The highest BCUT2D eigenvalue weighted by atomic mass is 16.3. The van der Waals surface area contributed by atoms with Crippen molar-refractivity contribution in [1.29, 1.82) is 0 Å². The Labute approximate surface area is 138 Å². The Balaban J connectivity index is 2.90. The summed E-state index contributed by atoms with van der Waals surface area (Å²) >= 11 is 0. The monoisotopic (exact) mass is 304 g/mol. The Morgan fingerprint density at radius 3 is 1.86 bits per heavy atom. The minimum atomic E-state index is 0.313. The molecular weight excluding hydrogens is 268 g/mol. The van der Waals surface area contributed by atoms with E-state index in [9.17, 15) is 5.11 Å². The van der Waals surface area contributed by atoms with Gasteiger partial charge in [-0.25, -0.2) is 0 Å². The SMILES string of the molecule is CCCC(CCC(C(C)(C)C)C(C)(C)C)c1ccccc1O. The number of hydrogen-bond donors (Lipinski definition) is 1. The molecule has 1 heteroatoms. The highest BCUT2D eigenvalue weighted by Gasteiger charge is 2.34. The molecule has 0 aliphatic rings. The van der Waals surface area contributed by atoms with Crippen molar-refractivity contribution in [3.63, 3.8) is 0 Å². The number of phenols is 1. The molecule has 22 heavy (non-hydrogen) atoms. The van der Waals surface area contributed by atoms with Gasteiger partial charge in [0.05, 0.1) is 0 Å². The maximum atomic E-state index is 10.2. The molecule has 0 amide bonds. The topological polar surface area (TPSA) is 20.2 Å². The highest BCUT2D eigenvalue weighted by Crippen LogP contribution is 2.45. The number of rotatable bonds is 6. The maximum absolute atomic E-state index is 10.2. The summed E-state index contributed by atoms with van der Waals surface area (Å²) in [6.45, 7) is 16.4. The zero-order chi connectivity index (χ0) is 17.0. The zero-order valence-corrected chi connectivity index (χ0v) is 15.7. The lowest BCUT2D eigenvalue weighted by Gasteiger charge is -2.41. The summed E-state index contributed by atoms with van der Waals surface area (Å²) in [6.07, 6.45) is 4.68. The molecule has 0 aliphatic carbocycles. The van der Waals surface area contributed by atoms with Gasteiger partial charge in [0.2, 0.25) is 0 Å². The van der Waals surface area contributed by atoms with Crippen molar-refractivity contribution in [1.82, 2.24) is 0 Å². The average Bonchev–Trinajstić information content (AvgIpc) is 2.35. The molecule has 0 heterocycles. The van der Waals surface area contributed by atoms with Crippen LogP contribution in [0.25, 0.3) is 0 Å². The predicted octanol–water partition coefficient (Wildman–Crippen LogP) is 6.76. The number of phenolic OH excluding ortho intramolecular Hbond substituents is 1. The molecule has 126 valence electrons. The maximum Gasteiger partial charge on any atom is 0.119 e. The van der Waals surface area contributed by atoms with Gasteiger partial charge in [0.15, 0.2) is 0 Å². The second kappa shape index (κ2) is 7.53. The molecule has 1 aromatic rings. The van der Waals surface area contributed by atoms with Gasteiger partial charge < -0.3 is 5.11 Å². The zero-order valence-electron chi connectivity index (χ0n) is 15.7.